The molecule has 2 rings (SSSR count). The first-order valence-corrected chi connectivity index (χ1v) is 7.34. The van der Waals surface area contributed by atoms with E-state index in [2.05, 4.69) is 15.4 Å². The Kier molecular flexibility index (Phi) is 4.97. The molecule has 0 saturated carbocycles. The monoisotopic (exact) mass is 295 g/mol. The van der Waals surface area contributed by atoms with Crippen LogP contribution in [0.2, 0.25) is 0 Å². The summed E-state index contributed by atoms with van der Waals surface area (Å²) < 4.78 is 5.32. The van der Waals surface area contributed by atoms with Crippen molar-refractivity contribution in [3.8, 4) is 0 Å². The lowest BCUT2D eigenvalue weighted by Gasteiger charge is -2.36. The second-order valence-corrected chi connectivity index (χ2v) is 5.63. The van der Waals surface area contributed by atoms with Crippen molar-refractivity contribution < 1.29 is 9.84 Å². The van der Waals surface area contributed by atoms with E-state index in [0.29, 0.717) is 38.4 Å². The lowest BCUT2D eigenvalue weighted by atomic mass is 9.94. The van der Waals surface area contributed by atoms with Gasteiger partial charge in [0, 0.05) is 51.6 Å². The predicted molar refractivity (Wildman–Crippen MR) is 82.2 cm³/mol. The van der Waals surface area contributed by atoms with Crippen LogP contribution >= 0.6 is 0 Å². The molecular weight excluding hydrogens is 270 g/mol. The van der Waals surface area contributed by atoms with Gasteiger partial charge in [-0.3, -0.25) is 0 Å². The Labute approximate surface area is 125 Å². The van der Waals surface area contributed by atoms with Gasteiger partial charge in [-0.25, -0.2) is 15.8 Å². The van der Waals surface area contributed by atoms with Crippen molar-refractivity contribution >= 4 is 11.6 Å². The zero-order valence-electron chi connectivity index (χ0n) is 13.0. The molecule has 1 aromatic heterocycles. The van der Waals surface area contributed by atoms with Gasteiger partial charge in [0.2, 0.25) is 0 Å². The molecule has 0 aliphatic carbocycles. The van der Waals surface area contributed by atoms with Crippen molar-refractivity contribution in [2.45, 2.75) is 38.7 Å². The van der Waals surface area contributed by atoms with Gasteiger partial charge in [-0.15, -0.1) is 0 Å². The average molecular weight is 295 g/mol. The molecular formula is C14H25N5O2. The molecule has 0 unspecified atom stereocenters. The molecule has 21 heavy (non-hydrogen) atoms. The average Bonchev–Trinajstić information content (AvgIpc) is 2.47. The van der Waals surface area contributed by atoms with E-state index in [1.165, 1.54) is 0 Å². The Bertz CT molecular complexity index is 488. The van der Waals surface area contributed by atoms with Crippen molar-refractivity contribution in [1.29, 1.82) is 0 Å². The Balaban J connectivity index is 2.23. The SMILES string of the molecule is CCc1nc(NN)c(C)c(N(C)CC2(O)CCOCC2)n1. The lowest BCUT2D eigenvalue weighted by Crippen LogP contribution is -2.46. The lowest BCUT2D eigenvalue weighted by molar-refractivity contribution is -0.0573. The number of likely N-dealkylation sites (N-methyl/N-ethyl adjacent to an activating group) is 1. The van der Waals surface area contributed by atoms with Gasteiger partial charge in [-0.1, -0.05) is 6.92 Å². The van der Waals surface area contributed by atoms with Crippen LogP contribution in [-0.4, -0.2) is 47.5 Å². The van der Waals surface area contributed by atoms with Gasteiger partial charge in [0.05, 0.1) is 5.60 Å². The fraction of sp³-hybridized carbons (Fsp3) is 0.714. The predicted octanol–water partition coefficient (Wildman–Crippen LogP) is 0.611. The molecule has 0 atom stereocenters. The number of nitrogens with zero attached hydrogens (tertiary/aromatic N) is 3. The summed E-state index contributed by atoms with van der Waals surface area (Å²) >= 11 is 0. The molecule has 0 radical (unpaired) electrons. The van der Waals surface area contributed by atoms with Crippen molar-refractivity contribution in [3.05, 3.63) is 11.4 Å². The number of hydrogen-bond acceptors (Lipinski definition) is 7. The number of hydrogen-bond donors (Lipinski definition) is 3. The summed E-state index contributed by atoms with van der Waals surface area (Å²) in [4.78, 5) is 10.9. The molecule has 1 aromatic rings. The number of rotatable bonds is 5. The molecule has 4 N–H and O–H groups in total. The minimum absolute atomic E-state index is 0.515. The number of nitrogen functional groups attached to an aromatic ring is 1. The highest BCUT2D eigenvalue weighted by Crippen LogP contribution is 2.27. The second kappa shape index (κ2) is 6.55. The number of nitrogens with one attached hydrogen (secondary N) is 1. The number of anilines is 2. The maximum atomic E-state index is 10.6. The summed E-state index contributed by atoms with van der Waals surface area (Å²) in [6.07, 6.45) is 2.02. The van der Waals surface area contributed by atoms with Crippen molar-refractivity contribution in [2.24, 2.45) is 5.84 Å². The molecule has 0 amide bonds. The van der Waals surface area contributed by atoms with Crippen LogP contribution in [0.3, 0.4) is 0 Å². The maximum Gasteiger partial charge on any atom is 0.148 e. The largest absolute Gasteiger partial charge is 0.388 e. The van der Waals surface area contributed by atoms with E-state index in [1.807, 2.05) is 25.8 Å². The van der Waals surface area contributed by atoms with E-state index < -0.39 is 5.60 Å². The highest BCUT2D eigenvalue weighted by atomic mass is 16.5. The van der Waals surface area contributed by atoms with Crippen LogP contribution < -0.4 is 16.2 Å². The highest BCUT2D eigenvalue weighted by molar-refractivity contribution is 5.58. The summed E-state index contributed by atoms with van der Waals surface area (Å²) in [6.45, 7) is 5.64. The number of aliphatic hydroxyl groups is 1. The molecule has 118 valence electrons. The summed E-state index contributed by atoms with van der Waals surface area (Å²) in [5, 5.41) is 10.6. The number of aryl methyl sites for hydroxylation is 1. The van der Waals surface area contributed by atoms with Gasteiger partial charge in [0.1, 0.15) is 17.5 Å². The Morgan fingerprint density at radius 1 is 1.38 bits per heavy atom. The number of ether oxygens (including phenoxy) is 1. The van der Waals surface area contributed by atoms with E-state index in [4.69, 9.17) is 10.6 Å². The zero-order valence-corrected chi connectivity index (χ0v) is 13.0. The highest BCUT2D eigenvalue weighted by Gasteiger charge is 2.32. The number of aromatic nitrogens is 2. The molecule has 7 heteroatoms. The van der Waals surface area contributed by atoms with Crippen molar-refractivity contribution in [2.75, 3.05) is 37.1 Å². The molecule has 1 fully saturated rings. The Hall–Kier alpha value is -1.44. The molecule has 1 aliphatic heterocycles. The fourth-order valence-corrected chi connectivity index (χ4v) is 2.65. The first kappa shape index (κ1) is 15.9. The minimum Gasteiger partial charge on any atom is -0.388 e. The normalized spacial score (nSPS) is 17.6. The Morgan fingerprint density at radius 3 is 2.62 bits per heavy atom. The minimum atomic E-state index is -0.729. The second-order valence-electron chi connectivity index (χ2n) is 5.63. The fourth-order valence-electron chi connectivity index (χ4n) is 2.65. The van der Waals surface area contributed by atoms with Gasteiger partial charge in [-0.2, -0.15) is 0 Å². The van der Waals surface area contributed by atoms with Gasteiger partial charge in [0.25, 0.3) is 0 Å². The molecule has 0 bridgehead atoms. The summed E-state index contributed by atoms with van der Waals surface area (Å²) in [5.74, 6) is 7.69. The van der Waals surface area contributed by atoms with E-state index in [1.54, 1.807) is 0 Å². The van der Waals surface area contributed by atoms with E-state index >= 15 is 0 Å². The number of hydrazine groups is 1. The van der Waals surface area contributed by atoms with Gasteiger partial charge in [0.15, 0.2) is 0 Å². The summed E-state index contributed by atoms with van der Waals surface area (Å²) in [7, 11) is 1.93. The smallest absolute Gasteiger partial charge is 0.148 e. The zero-order chi connectivity index (χ0) is 15.5. The van der Waals surface area contributed by atoms with Crippen LogP contribution in [-0.2, 0) is 11.2 Å². The molecule has 1 saturated heterocycles. The number of nitrogens with two attached hydrogens (primary N) is 1. The van der Waals surface area contributed by atoms with Crippen LogP contribution in [0.4, 0.5) is 11.6 Å². The Morgan fingerprint density at radius 2 is 2.05 bits per heavy atom. The molecule has 0 spiro atoms. The van der Waals surface area contributed by atoms with E-state index in [-0.39, 0.29) is 0 Å². The molecule has 2 heterocycles. The van der Waals surface area contributed by atoms with Crippen LogP contribution in [0.25, 0.3) is 0 Å². The maximum absolute atomic E-state index is 10.6. The third-order valence-electron chi connectivity index (χ3n) is 3.94. The summed E-state index contributed by atoms with van der Waals surface area (Å²) in [6, 6.07) is 0. The first-order chi connectivity index (χ1) is 9.99. The quantitative estimate of drug-likeness (QED) is 0.541. The van der Waals surface area contributed by atoms with Crippen LogP contribution in [0.15, 0.2) is 0 Å². The third kappa shape index (κ3) is 3.61. The van der Waals surface area contributed by atoms with Crippen molar-refractivity contribution in [1.82, 2.24) is 9.97 Å². The summed E-state index contributed by atoms with van der Waals surface area (Å²) in [5.41, 5.74) is 2.77. The van der Waals surface area contributed by atoms with E-state index in [9.17, 15) is 5.11 Å². The van der Waals surface area contributed by atoms with Crippen LogP contribution in [0.1, 0.15) is 31.2 Å². The molecule has 1 aliphatic rings. The molecule has 7 nitrogen and oxygen atoms in total. The molecule has 0 aromatic carbocycles. The third-order valence-corrected chi connectivity index (χ3v) is 3.94. The van der Waals surface area contributed by atoms with Crippen LogP contribution in [0, 0.1) is 6.92 Å². The first-order valence-electron chi connectivity index (χ1n) is 7.34. The van der Waals surface area contributed by atoms with Gasteiger partial charge in [-0.05, 0) is 6.92 Å². The van der Waals surface area contributed by atoms with Crippen LogP contribution in [0.5, 0.6) is 0 Å². The van der Waals surface area contributed by atoms with Gasteiger partial charge < -0.3 is 20.2 Å². The topological polar surface area (TPSA) is 96.5 Å². The van der Waals surface area contributed by atoms with Crippen molar-refractivity contribution in [3.63, 3.8) is 0 Å². The van der Waals surface area contributed by atoms with Gasteiger partial charge >= 0.3 is 0 Å². The standard InChI is InChI=1S/C14H25N5O2/c1-4-11-16-12(18-15)10(2)13(17-11)19(3)9-14(20)5-7-21-8-6-14/h20H,4-9,15H2,1-3H3,(H,16,17,18). The van der Waals surface area contributed by atoms with E-state index in [0.717, 1.165) is 23.6 Å².